The summed E-state index contributed by atoms with van der Waals surface area (Å²) in [6, 6.07) is 0. The van der Waals surface area contributed by atoms with E-state index in [2.05, 4.69) is 40.9 Å². The summed E-state index contributed by atoms with van der Waals surface area (Å²) in [5.41, 5.74) is 1.32. The van der Waals surface area contributed by atoms with Gasteiger partial charge in [-0.3, -0.25) is 0 Å². The fraction of sp³-hybridized carbons (Fsp3) is 0.600. The van der Waals surface area contributed by atoms with Crippen LogP contribution in [0.5, 0.6) is 0 Å². The Morgan fingerprint density at radius 1 is 2.00 bits per heavy atom. The number of hydrogen-bond donors (Lipinski definition) is 1. The van der Waals surface area contributed by atoms with Gasteiger partial charge in [0.05, 0.1) is 4.05 Å². The largest absolute Gasteiger partial charge is 0.377 e. The Kier molecular flexibility index (Phi) is 1.57. The van der Waals surface area contributed by atoms with E-state index >= 15 is 0 Å². The second-order valence-electron chi connectivity index (χ2n) is 1.73. The normalized spacial score (nSPS) is 29.4. The fourth-order valence-electron chi connectivity index (χ4n) is 0.645. The van der Waals surface area contributed by atoms with Crippen molar-refractivity contribution in [3.8, 4) is 0 Å². The lowest BCUT2D eigenvalue weighted by molar-refractivity contribution is 0.845. The van der Waals surface area contributed by atoms with Crippen molar-refractivity contribution in [3.05, 3.63) is 11.8 Å². The molecule has 0 radical (unpaired) electrons. The topological polar surface area (TPSA) is 12.0 Å². The van der Waals surface area contributed by atoms with Crippen LogP contribution in [0.1, 0.15) is 13.3 Å². The van der Waals surface area contributed by atoms with Crippen LogP contribution in [0.25, 0.3) is 0 Å². The zero-order valence-electron chi connectivity index (χ0n) is 4.24. The van der Waals surface area contributed by atoms with E-state index in [1.54, 1.807) is 0 Å². The van der Waals surface area contributed by atoms with Crippen LogP contribution in [0.3, 0.4) is 0 Å². The van der Waals surface area contributed by atoms with E-state index in [1.165, 1.54) is 12.1 Å². The average Bonchev–Trinajstić information content (AvgIpc) is 1.87. The van der Waals surface area contributed by atoms with Crippen LogP contribution in [0, 0.1) is 0 Å². The quantitative estimate of drug-likeness (QED) is 0.363. The van der Waals surface area contributed by atoms with Gasteiger partial charge in [-0.15, -0.1) is 0 Å². The molecule has 7 heavy (non-hydrogen) atoms. The first-order chi connectivity index (χ1) is 3.29. The molecule has 2 heteroatoms. The molecule has 1 heterocycles. The highest BCUT2D eigenvalue weighted by Crippen LogP contribution is 2.12. The zero-order valence-corrected chi connectivity index (χ0v) is 6.40. The highest BCUT2D eigenvalue weighted by molar-refractivity contribution is 14.1. The summed E-state index contributed by atoms with van der Waals surface area (Å²) in [7, 11) is 0. The van der Waals surface area contributed by atoms with Gasteiger partial charge < -0.3 is 5.32 Å². The third-order valence-electron chi connectivity index (χ3n) is 1.02. The van der Waals surface area contributed by atoms with Crippen molar-refractivity contribution >= 4 is 22.6 Å². The maximum absolute atomic E-state index is 3.26. The van der Waals surface area contributed by atoms with Crippen LogP contribution in [0.15, 0.2) is 11.8 Å². The zero-order chi connectivity index (χ0) is 5.28. The first-order valence-electron chi connectivity index (χ1n) is 2.36. The van der Waals surface area contributed by atoms with Crippen molar-refractivity contribution in [3.63, 3.8) is 0 Å². The van der Waals surface area contributed by atoms with Crippen molar-refractivity contribution in [2.45, 2.75) is 17.4 Å². The molecule has 0 bridgehead atoms. The van der Waals surface area contributed by atoms with Gasteiger partial charge in [0, 0.05) is 5.70 Å². The predicted molar refractivity (Wildman–Crippen MR) is 39.3 cm³/mol. The van der Waals surface area contributed by atoms with Gasteiger partial charge in [0.15, 0.2) is 0 Å². The number of alkyl halides is 1. The molecule has 0 saturated carbocycles. The van der Waals surface area contributed by atoms with Crippen LogP contribution in [0.4, 0.5) is 0 Å². The van der Waals surface area contributed by atoms with Crippen molar-refractivity contribution < 1.29 is 0 Å². The standard InChI is InChI=1S/C5H8IN/c1-4-2-3-5(6)7-4/h2,5,7H,3H2,1H3/t5-/m1/s1. The Morgan fingerprint density at radius 2 is 2.71 bits per heavy atom. The number of nitrogens with one attached hydrogen (secondary N) is 1. The van der Waals surface area contributed by atoms with Gasteiger partial charge in [0.1, 0.15) is 0 Å². The SMILES string of the molecule is CC1=CC[C@H](I)N1. The summed E-state index contributed by atoms with van der Waals surface area (Å²) in [4.78, 5) is 0. The third-order valence-corrected chi connectivity index (χ3v) is 1.84. The van der Waals surface area contributed by atoms with E-state index in [0.717, 1.165) is 0 Å². The van der Waals surface area contributed by atoms with E-state index in [-0.39, 0.29) is 0 Å². The number of allylic oxidation sites excluding steroid dienone is 1. The molecule has 0 aromatic rings. The van der Waals surface area contributed by atoms with Crippen molar-refractivity contribution in [1.29, 1.82) is 0 Å². The first kappa shape index (κ1) is 5.41. The van der Waals surface area contributed by atoms with Crippen LogP contribution in [-0.2, 0) is 0 Å². The lowest BCUT2D eigenvalue weighted by atomic mass is 10.4. The molecular formula is C5H8IN. The fourth-order valence-corrected chi connectivity index (χ4v) is 1.39. The minimum Gasteiger partial charge on any atom is -0.377 e. The summed E-state index contributed by atoms with van der Waals surface area (Å²) < 4.78 is 0.651. The number of hydrogen-bond acceptors (Lipinski definition) is 1. The van der Waals surface area contributed by atoms with Crippen LogP contribution >= 0.6 is 22.6 Å². The smallest absolute Gasteiger partial charge is 0.0813 e. The van der Waals surface area contributed by atoms with Crippen LogP contribution < -0.4 is 5.32 Å². The van der Waals surface area contributed by atoms with Gasteiger partial charge in [-0.25, -0.2) is 0 Å². The van der Waals surface area contributed by atoms with Crippen molar-refractivity contribution in [2.75, 3.05) is 0 Å². The van der Waals surface area contributed by atoms with Gasteiger partial charge in [-0.2, -0.15) is 0 Å². The highest BCUT2D eigenvalue weighted by Gasteiger charge is 2.06. The van der Waals surface area contributed by atoms with Crippen LogP contribution in [0.2, 0.25) is 0 Å². The summed E-state index contributed by atoms with van der Waals surface area (Å²) in [6.45, 7) is 2.10. The molecule has 0 aromatic carbocycles. The minimum absolute atomic E-state index is 0.651. The maximum Gasteiger partial charge on any atom is 0.0813 e. The molecule has 1 aliphatic heterocycles. The van der Waals surface area contributed by atoms with E-state index in [1.807, 2.05) is 0 Å². The van der Waals surface area contributed by atoms with Gasteiger partial charge in [-0.05, 0) is 13.3 Å². The van der Waals surface area contributed by atoms with Crippen molar-refractivity contribution in [1.82, 2.24) is 5.32 Å². The van der Waals surface area contributed by atoms with E-state index < -0.39 is 0 Å². The molecule has 0 unspecified atom stereocenters. The highest BCUT2D eigenvalue weighted by atomic mass is 127. The summed E-state index contributed by atoms with van der Waals surface area (Å²) in [6.07, 6.45) is 3.41. The molecule has 1 aliphatic rings. The van der Waals surface area contributed by atoms with Gasteiger partial charge in [0.25, 0.3) is 0 Å². The van der Waals surface area contributed by atoms with Crippen LogP contribution in [-0.4, -0.2) is 4.05 Å². The summed E-state index contributed by atoms with van der Waals surface area (Å²) in [5.74, 6) is 0. The number of halogens is 1. The van der Waals surface area contributed by atoms with Gasteiger partial charge in [-0.1, -0.05) is 28.7 Å². The summed E-state index contributed by atoms with van der Waals surface area (Å²) >= 11 is 2.38. The molecular weight excluding hydrogens is 201 g/mol. The molecule has 40 valence electrons. The molecule has 1 N–H and O–H groups in total. The van der Waals surface area contributed by atoms with E-state index in [9.17, 15) is 0 Å². The average molecular weight is 209 g/mol. The minimum atomic E-state index is 0.651. The van der Waals surface area contributed by atoms with E-state index in [0.29, 0.717) is 4.05 Å². The Morgan fingerprint density at radius 3 is 2.86 bits per heavy atom. The number of rotatable bonds is 0. The molecule has 0 spiro atoms. The molecule has 0 aromatic heterocycles. The van der Waals surface area contributed by atoms with Gasteiger partial charge >= 0.3 is 0 Å². The summed E-state index contributed by atoms with van der Waals surface area (Å²) in [5, 5.41) is 3.26. The Hall–Kier alpha value is 0.270. The molecule has 0 fully saturated rings. The lowest BCUT2D eigenvalue weighted by Gasteiger charge is -1.99. The third kappa shape index (κ3) is 1.33. The first-order valence-corrected chi connectivity index (χ1v) is 3.61. The molecule has 0 amide bonds. The molecule has 1 rings (SSSR count). The Bertz CT molecular complexity index is 98.3. The molecule has 1 atom stereocenters. The maximum atomic E-state index is 3.26. The van der Waals surface area contributed by atoms with Crippen molar-refractivity contribution in [2.24, 2.45) is 0 Å². The second-order valence-corrected chi connectivity index (χ2v) is 3.24. The Labute approximate surface area is 57.3 Å². The molecule has 0 saturated heterocycles. The van der Waals surface area contributed by atoms with Gasteiger partial charge in [0.2, 0.25) is 0 Å². The second kappa shape index (κ2) is 2.03. The molecule has 1 nitrogen and oxygen atoms in total. The lowest BCUT2D eigenvalue weighted by Crippen LogP contribution is -2.12. The Balaban J connectivity index is 2.42. The predicted octanol–water partition coefficient (Wildman–Crippen LogP) is 1.64. The monoisotopic (exact) mass is 209 g/mol. The van der Waals surface area contributed by atoms with E-state index in [4.69, 9.17) is 0 Å². The molecule has 0 aliphatic carbocycles.